The number of halogens is 1. The van der Waals surface area contributed by atoms with Crippen LogP contribution in [0.5, 0.6) is 0 Å². The van der Waals surface area contributed by atoms with Crippen LogP contribution in [-0.2, 0) is 6.42 Å². The molecule has 0 atom stereocenters. The molecule has 0 aliphatic rings. The van der Waals surface area contributed by atoms with E-state index in [0.717, 1.165) is 17.8 Å². The molecule has 110 valence electrons. The minimum atomic E-state index is -1.39. The highest BCUT2D eigenvalue weighted by atomic mass is 32.1. The second-order valence-corrected chi connectivity index (χ2v) is 4.83. The zero-order valence-electron chi connectivity index (χ0n) is 10.8. The van der Waals surface area contributed by atoms with Crippen molar-refractivity contribution in [1.82, 2.24) is 10.3 Å². The third-order valence-corrected chi connectivity index (χ3v) is 3.24. The molecule has 0 fully saturated rings. The van der Waals surface area contributed by atoms with Gasteiger partial charge in [-0.05, 0) is 18.2 Å². The fourth-order valence-electron chi connectivity index (χ4n) is 1.61. The second kappa shape index (κ2) is 6.80. The molecule has 1 aromatic heterocycles. The van der Waals surface area contributed by atoms with Crippen LogP contribution in [0.15, 0.2) is 29.1 Å². The Morgan fingerprint density at radius 1 is 1.38 bits per heavy atom. The van der Waals surface area contributed by atoms with Crippen LogP contribution in [-0.4, -0.2) is 28.6 Å². The van der Waals surface area contributed by atoms with Crippen molar-refractivity contribution in [2.45, 2.75) is 6.42 Å². The van der Waals surface area contributed by atoms with Gasteiger partial charge in [-0.3, -0.25) is 0 Å². The smallest absolute Gasteiger partial charge is 0.338 e. The number of aromatic carboxylic acids is 1. The fourth-order valence-corrected chi connectivity index (χ4v) is 2.20. The molecule has 2 aromatic rings. The number of hydrogen-bond acceptors (Lipinski definition) is 4. The van der Waals surface area contributed by atoms with Crippen LogP contribution in [0, 0.1) is 5.82 Å². The van der Waals surface area contributed by atoms with Crippen molar-refractivity contribution >= 4 is 29.0 Å². The maximum absolute atomic E-state index is 13.2. The summed E-state index contributed by atoms with van der Waals surface area (Å²) in [5, 5.41) is 15.7. The van der Waals surface area contributed by atoms with Gasteiger partial charge in [-0.15, -0.1) is 11.3 Å². The number of carbonyl (C=O) groups is 2. The Morgan fingerprint density at radius 2 is 2.19 bits per heavy atom. The number of nitrogens with one attached hydrogen (secondary N) is 2. The van der Waals surface area contributed by atoms with E-state index in [1.54, 1.807) is 5.51 Å². The average Bonchev–Trinajstić information content (AvgIpc) is 2.94. The number of benzene rings is 1. The monoisotopic (exact) mass is 309 g/mol. The molecule has 2 amide bonds. The van der Waals surface area contributed by atoms with Crippen molar-refractivity contribution in [3.63, 3.8) is 0 Å². The quantitative estimate of drug-likeness (QED) is 0.790. The molecule has 0 saturated heterocycles. The number of carboxylic acids is 1. The van der Waals surface area contributed by atoms with Crippen molar-refractivity contribution in [2.24, 2.45) is 0 Å². The number of rotatable bonds is 5. The highest BCUT2D eigenvalue weighted by Crippen LogP contribution is 2.14. The Morgan fingerprint density at radius 3 is 2.86 bits per heavy atom. The molecule has 2 rings (SSSR count). The summed E-state index contributed by atoms with van der Waals surface area (Å²) >= 11 is 1.48. The van der Waals surface area contributed by atoms with Crippen LogP contribution >= 0.6 is 11.3 Å². The van der Waals surface area contributed by atoms with Gasteiger partial charge in [-0.1, -0.05) is 0 Å². The second-order valence-electron chi connectivity index (χ2n) is 4.11. The van der Waals surface area contributed by atoms with Gasteiger partial charge < -0.3 is 15.7 Å². The van der Waals surface area contributed by atoms with Gasteiger partial charge in [0.1, 0.15) is 5.82 Å². The number of amides is 2. The fraction of sp³-hybridized carbons (Fsp3) is 0.154. The predicted molar refractivity (Wildman–Crippen MR) is 76.2 cm³/mol. The summed E-state index contributed by atoms with van der Waals surface area (Å²) in [7, 11) is 0. The lowest BCUT2D eigenvalue weighted by Crippen LogP contribution is -2.30. The van der Waals surface area contributed by atoms with Gasteiger partial charge in [0.2, 0.25) is 0 Å². The van der Waals surface area contributed by atoms with Gasteiger partial charge in [-0.2, -0.15) is 0 Å². The van der Waals surface area contributed by atoms with Crippen LogP contribution in [0.25, 0.3) is 0 Å². The van der Waals surface area contributed by atoms with Crippen LogP contribution in [0.3, 0.4) is 0 Å². The van der Waals surface area contributed by atoms with Gasteiger partial charge in [0, 0.05) is 24.0 Å². The summed E-state index contributed by atoms with van der Waals surface area (Å²) in [5.41, 5.74) is 2.31. The minimum Gasteiger partial charge on any atom is -0.478 e. The first kappa shape index (κ1) is 14.9. The van der Waals surface area contributed by atoms with Crippen LogP contribution in [0.4, 0.5) is 14.9 Å². The molecular formula is C13H12FN3O3S. The normalized spacial score (nSPS) is 10.1. The first-order valence-corrected chi connectivity index (χ1v) is 6.95. The summed E-state index contributed by atoms with van der Waals surface area (Å²) in [6.45, 7) is 0.391. The van der Waals surface area contributed by atoms with Gasteiger partial charge in [-0.25, -0.2) is 19.0 Å². The summed E-state index contributed by atoms with van der Waals surface area (Å²) in [6, 6.07) is 2.86. The first-order valence-electron chi connectivity index (χ1n) is 6.01. The number of carboxylic acid groups (broad SMARTS) is 1. The van der Waals surface area contributed by atoms with Crippen molar-refractivity contribution < 1.29 is 19.1 Å². The van der Waals surface area contributed by atoms with Crippen LogP contribution in [0.2, 0.25) is 0 Å². The molecule has 1 heterocycles. The molecule has 6 nitrogen and oxygen atoms in total. The van der Waals surface area contributed by atoms with Gasteiger partial charge in [0.15, 0.2) is 0 Å². The molecule has 0 aliphatic heterocycles. The van der Waals surface area contributed by atoms with E-state index in [0.29, 0.717) is 13.0 Å². The molecular weight excluding hydrogens is 297 g/mol. The van der Waals surface area contributed by atoms with Crippen molar-refractivity contribution in [3.05, 3.63) is 46.2 Å². The average molecular weight is 309 g/mol. The first-order chi connectivity index (χ1) is 10.1. The highest BCUT2D eigenvalue weighted by molar-refractivity contribution is 7.07. The minimum absolute atomic E-state index is 0.208. The molecule has 3 N–H and O–H groups in total. The topological polar surface area (TPSA) is 91.3 Å². The highest BCUT2D eigenvalue weighted by Gasteiger charge is 2.11. The molecule has 0 unspecified atom stereocenters. The number of urea groups is 1. The number of thiazole rings is 1. The number of hydrogen-bond donors (Lipinski definition) is 3. The van der Waals surface area contributed by atoms with Crippen molar-refractivity contribution in [2.75, 3.05) is 11.9 Å². The molecule has 21 heavy (non-hydrogen) atoms. The summed E-state index contributed by atoms with van der Waals surface area (Å²) in [6.07, 6.45) is 0.598. The van der Waals surface area contributed by atoms with E-state index in [2.05, 4.69) is 15.6 Å². The molecule has 0 radical (unpaired) electrons. The van der Waals surface area contributed by atoms with Gasteiger partial charge in [0.25, 0.3) is 0 Å². The predicted octanol–water partition coefficient (Wildman–Crippen LogP) is 2.34. The molecule has 0 bridgehead atoms. The van der Waals surface area contributed by atoms with E-state index in [4.69, 9.17) is 5.11 Å². The summed E-state index contributed by atoms with van der Waals surface area (Å²) in [5.74, 6) is -2.24. The molecule has 0 aliphatic carbocycles. The molecule has 1 aromatic carbocycles. The summed E-state index contributed by atoms with van der Waals surface area (Å²) < 4.78 is 13.2. The van der Waals surface area contributed by atoms with Gasteiger partial charge in [0.05, 0.1) is 16.8 Å². The van der Waals surface area contributed by atoms with E-state index in [1.165, 1.54) is 17.4 Å². The Hall–Kier alpha value is -2.48. The Bertz CT molecular complexity index is 646. The zero-order valence-corrected chi connectivity index (χ0v) is 11.6. The Kier molecular flexibility index (Phi) is 4.83. The van der Waals surface area contributed by atoms with E-state index in [1.807, 2.05) is 5.38 Å². The number of nitrogens with zero attached hydrogens (tertiary/aromatic N) is 1. The van der Waals surface area contributed by atoms with E-state index in [-0.39, 0.29) is 5.69 Å². The third-order valence-electron chi connectivity index (χ3n) is 2.60. The molecule has 0 saturated carbocycles. The molecule has 8 heteroatoms. The van der Waals surface area contributed by atoms with E-state index < -0.39 is 23.4 Å². The maximum atomic E-state index is 13.2. The van der Waals surface area contributed by atoms with E-state index in [9.17, 15) is 14.0 Å². The Labute approximate surface area is 123 Å². The van der Waals surface area contributed by atoms with Gasteiger partial charge >= 0.3 is 12.0 Å². The lowest BCUT2D eigenvalue weighted by atomic mass is 10.2. The lowest BCUT2D eigenvalue weighted by molar-refractivity contribution is 0.0692. The molecule has 0 spiro atoms. The number of carbonyl (C=O) groups excluding carboxylic acids is 1. The SMILES string of the molecule is O=C(NCCc1cscn1)Nc1ccc(F)c(C(=O)O)c1. The van der Waals surface area contributed by atoms with Crippen LogP contribution < -0.4 is 10.6 Å². The zero-order chi connectivity index (χ0) is 15.2. The largest absolute Gasteiger partial charge is 0.478 e. The third kappa shape index (κ3) is 4.25. The number of anilines is 1. The van der Waals surface area contributed by atoms with Crippen molar-refractivity contribution in [3.8, 4) is 0 Å². The maximum Gasteiger partial charge on any atom is 0.338 e. The standard InChI is InChI=1S/C13H12FN3O3S/c14-11-2-1-8(5-10(11)12(18)19)17-13(20)15-4-3-9-6-21-7-16-9/h1-2,5-7H,3-4H2,(H,18,19)(H2,15,17,20). The van der Waals surface area contributed by atoms with E-state index >= 15 is 0 Å². The van der Waals surface area contributed by atoms with Crippen LogP contribution in [0.1, 0.15) is 16.1 Å². The van der Waals surface area contributed by atoms with Crippen molar-refractivity contribution in [1.29, 1.82) is 0 Å². The number of aromatic nitrogens is 1. The summed E-state index contributed by atoms with van der Waals surface area (Å²) in [4.78, 5) is 26.5. The Balaban J connectivity index is 1.87. The lowest BCUT2D eigenvalue weighted by Gasteiger charge is -2.08.